The Bertz CT molecular complexity index is 1340. The topological polar surface area (TPSA) is 75.5 Å². The number of aryl methyl sites for hydroxylation is 1. The molecule has 1 aliphatic heterocycles. The van der Waals surface area contributed by atoms with E-state index in [9.17, 15) is 4.79 Å². The van der Waals surface area contributed by atoms with Crippen molar-refractivity contribution in [3.8, 4) is 17.0 Å². The number of aromatic nitrogens is 4. The van der Waals surface area contributed by atoms with E-state index in [4.69, 9.17) is 4.74 Å². The predicted molar refractivity (Wildman–Crippen MR) is 139 cm³/mol. The van der Waals surface area contributed by atoms with Crippen LogP contribution in [0.15, 0.2) is 36.8 Å². The van der Waals surface area contributed by atoms with E-state index in [1.165, 1.54) is 10.9 Å². The van der Waals surface area contributed by atoms with Gasteiger partial charge in [0.2, 0.25) is 0 Å². The zero-order chi connectivity index (χ0) is 24.5. The second-order valence-electron chi connectivity index (χ2n) is 10.1. The Balaban J connectivity index is 1.34. The van der Waals surface area contributed by atoms with E-state index in [0.29, 0.717) is 30.6 Å². The van der Waals surface area contributed by atoms with Crippen LogP contribution in [0.25, 0.3) is 27.8 Å². The predicted octanol–water partition coefficient (Wildman–Crippen LogP) is 5.38. The standard InChI is InChI=1S/C28H35N5O2/c1-5-22(34)15-32-10-8-20(9-11-32)16-35-23-6-7-25-24(13-23)26(18(2)3)27(31-25)21-12-19(4)28-29-17-30-33(28)14-21/h6-7,12-14,17-18,20,31H,5,8-11,15-16H2,1-4H3. The summed E-state index contributed by atoms with van der Waals surface area (Å²) in [6.45, 7) is 11.8. The number of benzene rings is 1. The normalized spacial score (nSPS) is 15.5. The number of fused-ring (bicyclic) bond motifs is 2. The van der Waals surface area contributed by atoms with Crippen molar-refractivity contribution >= 4 is 22.3 Å². The van der Waals surface area contributed by atoms with Crippen molar-refractivity contribution in [2.24, 2.45) is 5.92 Å². The van der Waals surface area contributed by atoms with Gasteiger partial charge in [-0.25, -0.2) is 9.50 Å². The maximum atomic E-state index is 11.7. The Labute approximate surface area is 206 Å². The van der Waals surface area contributed by atoms with E-state index in [0.717, 1.165) is 66.3 Å². The fourth-order valence-corrected chi connectivity index (χ4v) is 5.23. The molecule has 4 heterocycles. The number of ether oxygens (including phenoxy) is 1. The van der Waals surface area contributed by atoms with Crippen LogP contribution in [0.4, 0.5) is 0 Å². The molecular weight excluding hydrogens is 438 g/mol. The number of piperidine rings is 1. The van der Waals surface area contributed by atoms with E-state index < -0.39 is 0 Å². The number of H-pyrrole nitrogens is 1. The van der Waals surface area contributed by atoms with Gasteiger partial charge in [0, 0.05) is 29.1 Å². The monoisotopic (exact) mass is 473 g/mol. The maximum absolute atomic E-state index is 11.7. The third kappa shape index (κ3) is 4.82. The van der Waals surface area contributed by atoms with E-state index in [-0.39, 0.29) is 0 Å². The highest BCUT2D eigenvalue weighted by Gasteiger charge is 2.22. The number of rotatable bonds is 8. The summed E-state index contributed by atoms with van der Waals surface area (Å²) < 4.78 is 8.13. The van der Waals surface area contributed by atoms with Gasteiger partial charge >= 0.3 is 0 Å². The molecule has 0 aliphatic carbocycles. The Morgan fingerprint density at radius 1 is 1.23 bits per heavy atom. The molecule has 1 saturated heterocycles. The number of likely N-dealkylation sites (tertiary alicyclic amines) is 1. The molecule has 0 bridgehead atoms. The van der Waals surface area contributed by atoms with Crippen LogP contribution in [0.3, 0.4) is 0 Å². The van der Waals surface area contributed by atoms with Gasteiger partial charge in [-0.15, -0.1) is 0 Å². The summed E-state index contributed by atoms with van der Waals surface area (Å²) in [4.78, 5) is 22.0. The maximum Gasteiger partial charge on any atom is 0.158 e. The molecule has 7 nitrogen and oxygen atoms in total. The molecule has 1 fully saturated rings. The lowest BCUT2D eigenvalue weighted by Gasteiger charge is -2.31. The Morgan fingerprint density at radius 3 is 2.77 bits per heavy atom. The zero-order valence-corrected chi connectivity index (χ0v) is 21.2. The quantitative estimate of drug-likeness (QED) is 0.372. The number of nitrogens with zero attached hydrogens (tertiary/aromatic N) is 4. The van der Waals surface area contributed by atoms with Gasteiger partial charge in [-0.05, 0) is 80.1 Å². The summed E-state index contributed by atoms with van der Waals surface area (Å²) in [5.41, 5.74) is 6.62. The molecule has 3 aromatic heterocycles. The van der Waals surface area contributed by atoms with Gasteiger partial charge in [0.1, 0.15) is 17.9 Å². The number of ketones is 1. The summed E-state index contributed by atoms with van der Waals surface area (Å²) in [7, 11) is 0. The molecule has 0 radical (unpaired) electrons. The second-order valence-corrected chi connectivity index (χ2v) is 10.1. The van der Waals surface area contributed by atoms with E-state index in [2.05, 4.69) is 65.0 Å². The van der Waals surface area contributed by atoms with Gasteiger partial charge in [-0.3, -0.25) is 9.69 Å². The van der Waals surface area contributed by atoms with Crippen LogP contribution in [0.5, 0.6) is 5.75 Å². The molecule has 0 atom stereocenters. The van der Waals surface area contributed by atoms with E-state index in [1.807, 2.05) is 17.6 Å². The lowest BCUT2D eigenvalue weighted by atomic mass is 9.96. The molecule has 7 heteroatoms. The third-order valence-corrected chi connectivity index (χ3v) is 7.22. The number of hydrogen-bond donors (Lipinski definition) is 1. The highest BCUT2D eigenvalue weighted by molar-refractivity contribution is 5.92. The first-order chi connectivity index (χ1) is 16.9. The summed E-state index contributed by atoms with van der Waals surface area (Å²) >= 11 is 0. The van der Waals surface area contributed by atoms with Gasteiger partial charge in [0.15, 0.2) is 5.65 Å². The lowest BCUT2D eigenvalue weighted by molar-refractivity contribution is -0.120. The number of aromatic amines is 1. The van der Waals surface area contributed by atoms with Crippen molar-refractivity contribution < 1.29 is 9.53 Å². The molecule has 0 saturated carbocycles. The molecule has 4 aromatic rings. The van der Waals surface area contributed by atoms with Crippen LogP contribution in [0.2, 0.25) is 0 Å². The average Bonchev–Trinajstić information content (AvgIpc) is 3.48. The minimum absolute atomic E-state index is 0.330. The van der Waals surface area contributed by atoms with Crippen molar-refractivity contribution in [2.45, 2.75) is 52.9 Å². The minimum Gasteiger partial charge on any atom is -0.493 e. The van der Waals surface area contributed by atoms with Gasteiger partial charge in [-0.2, -0.15) is 5.10 Å². The highest BCUT2D eigenvalue weighted by Crippen LogP contribution is 2.37. The van der Waals surface area contributed by atoms with Crippen LogP contribution in [-0.4, -0.2) is 56.5 Å². The van der Waals surface area contributed by atoms with Gasteiger partial charge < -0.3 is 9.72 Å². The summed E-state index contributed by atoms with van der Waals surface area (Å²) in [5.74, 6) is 2.12. The first kappa shape index (κ1) is 23.5. The molecular formula is C28H35N5O2. The van der Waals surface area contributed by atoms with Gasteiger partial charge in [0.25, 0.3) is 0 Å². The second kappa shape index (κ2) is 9.82. The Hall–Kier alpha value is -3.19. The summed E-state index contributed by atoms with van der Waals surface area (Å²) in [5, 5.41) is 5.56. The minimum atomic E-state index is 0.330. The van der Waals surface area contributed by atoms with Gasteiger partial charge in [0.05, 0.1) is 18.8 Å². The molecule has 35 heavy (non-hydrogen) atoms. The number of carbonyl (C=O) groups is 1. The molecule has 0 spiro atoms. The Morgan fingerprint density at radius 2 is 2.03 bits per heavy atom. The molecule has 1 aromatic carbocycles. The van der Waals surface area contributed by atoms with Crippen molar-refractivity contribution in [2.75, 3.05) is 26.2 Å². The van der Waals surface area contributed by atoms with Crippen LogP contribution in [0.1, 0.15) is 57.1 Å². The lowest BCUT2D eigenvalue weighted by Crippen LogP contribution is -2.38. The number of pyridine rings is 1. The summed E-state index contributed by atoms with van der Waals surface area (Å²) in [6.07, 6.45) is 6.42. The van der Waals surface area contributed by atoms with Crippen LogP contribution >= 0.6 is 0 Å². The number of hydrogen-bond acceptors (Lipinski definition) is 5. The molecule has 5 rings (SSSR count). The van der Waals surface area contributed by atoms with Crippen molar-refractivity contribution in [3.63, 3.8) is 0 Å². The first-order valence-electron chi connectivity index (χ1n) is 12.8. The largest absolute Gasteiger partial charge is 0.493 e. The average molecular weight is 474 g/mol. The highest BCUT2D eigenvalue weighted by atomic mass is 16.5. The van der Waals surface area contributed by atoms with E-state index in [1.54, 1.807) is 6.33 Å². The fraction of sp³-hybridized carbons (Fsp3) is 0.464. The smallest absolute Gasteiger partial charge is 0.158 e. The third-order valence-electron chi connectivity index (χ3n) is 7.22. The SMILES string of the molecule is CCC(=O)CN1CCC(COc2ccc3[nH]c(-c4cc(C)c5ncnn5c4)c(C(C)C)c3c2)CC1. The fourth-order valence-electron chi connectivity index (χ4n) is 5.23. The van der Waals surface area contributed by atoms with Crippen molar-refractivity contribution in [3.05, 3.63) is 47.9 Å². The first-order valence-corrected chi connectivity index (χ1v) is 12.8. The number of carbonyl (C=O) groups excluding carboxylic acids is 1. The van der Waals surface area contributed by atoms with Crippen molar-refractivity contribution in [1.29, 1.82) is 0 Å². The van der Waals surface area contributed by atoms with Crippen LogP contribution in [-0.2, 0) is 4.79 Å². The molecule has 0 amide bonds. The zero-order valence-electron chi connectivity index (χ0n) is 21.2. The number of nitrogens with one attached hydrogen (secondary N) is 1. The van der Waals surface area contributed by atoms with Gasteiger partial charge in [-0.1, -0.05) is 20.8 Å². The number of Topliss-reactive ketones (excluding diaryl/α,β-unsaturated/α-hetero) is 1. The molecule has 1 N–H and O–H groups in total. The Kier molecular flexibility index (Phi) is 6.60. The molecule has 184 valence electrons. The molecule has 0 unspecified atom stereocenters. The van der Waals surface area contributed by atoms with Crippen molar-refractivity contribution in [1.82, 2.24) is 24.5 Å². The molecule has 1 aliphatic rings. The van der Waals surface area contributed by atoms with E-state index >= 15 is 0 Å². The van der Waals surface area contributed by atoms with Crippen LogP contribution in [0, 0.1) is 12.8 Å². The summed E-state index contributed by atoms with van der Waals surface area (Å²) in [6, 6.07) is 8.55. The van der Waals surface area contributed by atoms with Crippen LogP contribution < -0.4 is 4.74 Å².